The Morgan fingerprint density at radius 3 is 0.989 bits per heavy atom. The van der Waals surface area contributed by atoms with Crippen LogP contribution in [0.3, 0.4) is 0 Å². The summed E-state index contributed by atoms with van der Waals surface area (Å²) in [6.45, 7) is 0. The first kappa shape index (κ1) is 53.3. The van der Waals surface area contributed by atoms with Gasteiger partial charge < -0.3 is 13.7 Å². The zero-order valence-electron chi connectivity index (χ0n) is 51.4. The van der Waals surface area contributed by atoms with Crippen molar-refractivity contribution in [1.82, 2.24) is 23.3 Å². The lowest BCUT2D eigenvalue weighted by Gasteiger charge is -2.18. The second-order valence-electron chi connectivity index (χ2n) is 25.1. The summed E-state index contributed by atoms with van der Waals surface area (Å²) in [5.74, 6) is 0.875. The molecule has 0 saturated carbocycles. The number of hydrogen-bond donors (Lipinski definition) is 0. The van der Waals surface area contributed by atoms with E-state index in [2.05, 4.69) is 352 Å². The topological polar surface area (TPSA) is 32.6 Å². The van der Waals surface area contributed by atoms with Crippen LogP contribution in [0, 0.1) is 0 Å². The van der Waals surface area contributed by atoms with Crippen molar-refractivity contribution in [1.29, 1.82) is 0 Å². The van der Waals surface area contributed by atoms with Gasteiger partial charge in [-0.2, -0.15) is 0 Å². The summed E-state index contributed by atoms with van der Waals surface area (Å²) in [5.41, 5.74) is 23.6. The fourth-order valence-corrected chi connectivity index (χ4v) is 16.4. The maximum absolute atomic E-state index is 5.54. The number of thiophene rings is 1. The SMILES string of the molecule is c1ccc(-c2ccc3c(c2)c2cc(-c4ccccc4)ccc2n3-c2cc(-n3c4ccc(-c5ccccc5)cc4c4cc(-c5ccccc5)ccc43)cc(-n3c4ccccc4c4cc5c(cc43)c3ccccc3n5-c3cccc(-c4ccc5sc6ccccc6c5c4)n3)c2)cc1. The fourth-order valence-electron chi connectivity index (χ4n) is 15.4. The van der Waals surface area contributed by atoms with Crippen molar-refractivity contribution in [2.45, 2.75) is 0 Å². The lowest BCUT2D eigenvalue weighted by Crippen LogP contribution is -2.03. The molecule has 14 aromatic carbocycles. The Kier molecular flexibility index (Phi) is 11.8. The van der Waals surface area contributed by atoms with Gasteiger partial charge in [0.1, 0.15) is 5.82 Å². The Labute approximate surface area is 550 Å². The first-order valence-electron chi connectivity index (χ1n) is 32.5. The summed E-state index contributed by atoms with van der Waals surface area (Å²) in [6, 6.07) is 123. The number of hydrogen-bond acceptors (Lipinski definition) is 2. The first-order valence-corrected chi connectivity index (χ1v) is 33.3. The number of fused-ring (bicyclic) bond motifs is 15. The Hall–Kier alpha value is -12.4. The summed E-state index contributed by atoms with van der Waals surface area (Å²) in [4.78, 5) is 5.54. The van der Waals surface area contributed by atoms with Crippen LogP contribution in [-0.4, -0.2) is 23.3 Å². The van der Waals surface area contributed by atoms with Crippen molar-refractivity contribution in [3.05, 3.63) is 334 Å². The normalized spacial score (nSPS) is 12.0. The second-order valence-corrected chi connectivity index (χ2v) is 26.1. The molecule has 0 amide bonds. The van der Waals surface area contributed by atoms with Gasteiger partial charge in [0.05, 0.1) is 66.9 Å². The molecule has 0 saturated heterocycles. The van der Waals surface area contributed by atoms with Crippen molar-refractivity contribution >= 4 is 119 Å². The van der Waals surface area contributed by atoms with E-state index in [1.807, 2.05) is 11.3 Å². The fraction of sp³-hybridized carbons (Fsp3) is 0. The smallest absolute Gasteiger partial charge is 0.138 e. The van der Waals surface area contributed by atoms with Crippen molar-refractivity contribution in [2.75, 3.05) is 0 Å². The molecule has 0 fully saturated rings. The largest absolute Gasteiger partial charge is 0.309 e. The molecule has 20 rings (SSSR count). The number of nitrogens with zero attached hydrogens (tertiary/aromatic N) is 5. The predicted octanol–water partition coefficient (Wildman–Crippen LogP) is 24.2. The molecule has 6 heterocycles. The van der Waals surface area contributed by atoms with Crippen LogP contribution in [0.1, 0.15) is 0 Å². The minimum absolute atomic E-state index is 0.875. The van der Waals surface area contributed by atoms with E-state index < -0.39 is 0 Å². The molecule has 0 unspecified atom stereocenters. The molecule has 0 aliphatic rings. The standard InChI is InChI=1S/C89H55N5S/c1-5-20-56(21-6-1)60-36-41-81-71(46-60)72-47-61(57-22-7-2-8-23-57)37-42-82(72)91(81)65-51-66(92-83-43-38-62(58-24-9-3-10-25-58)48-73(83)74-49-63(39-44-84(74)92)59-26-11-4-12-27-59)53-67(52-65)93-79-32-16-13-28-68(79)75-55-86-76(54-85(75)93)69-29-14-17-33-80(69)94(86)89-35-19-31-78(90-89)64-40-45-88-77(50-64)70-30-15-18-34-87(70)95-88/h1-55H. The van der Waals surface area contributed by atoms with Crippen LogP contribution in [-0.2, 0) is 0 Å². The van der Waals surface area contributed by atoms with Gasteiger partial charge in [0.25, 0.3) is 0 Å². The summed E-state index contributed by atoms with van der Waals surface area (Å²) in [5, 5.41) is 12.0. The lowest BCUT2D eigenvalue weighted by molar-refractivity contribution is 1.08. The van der Waals surface area contributed by atoms with Crippen molar-refractivity contribution in [2.24, 2.45) is 0 Å². The minimum Gasteiger partial charge on any atom is -0.309 e. The molecule has 6 aromatic heterocycles. The third kappa shape index (κ3) is 8.45. The Morgan fingerprint density at radius 2 is 0.526 bits per heavy atom. The number of para-hydroxylation sites is 2. The molecule has 6 heteroatoms. The van der Waals surface area contributed by atoms with E-state index >= 15 is 0 Å². The zero-order valence-corrected chi connectivity index (χ0v) is 52.2. The van der Waals surface area contributed by atoms with Gasteiger partial charge in [0, 0.05) is 68.8 Å². The van der Waals surface area contributed by atoms with Crippen LogP contribution in [0.5, 0.6) is 0 Å². The first-order chi connectivity index (χ1) is 47.1. The number of aromatic nitrogens is 5. The molecule has 0 N–H and O–H groups in total. The molecule has 95 heavy (non-hydrogen) atoms. The highest BCUT2D eigenvalue weighted by molar-refractivity contribution is 7.25. The van der Waals surface area contributed by atoms with Gasteiger partial charge in [0.2, 0.25) is 0 Å². The molecule has 0 radical (unpaired) electrons. The number of pyridine rings is 1. The van der Waals surface area contributed by atoms with Crippen LogP contribution in [0.2, 0.25) is 0 Å². The highest BCUT2D eigenvalue weighted by atomic mass is 32.1. The van der Waals surface area contributed by atoms with E-state index in [1.54, 1.807) is 0 Å². The Morgan fingerprint density at radius 1 is 0.189 bits per heavy atom. The molecule has 0 atom stereocenters. The van der Waals surface area contributed by atoms with Crippen LogP contribution in [0.25, 0.3) is 186 Å². The van der Waals surface area contributed by atoms with E-state index in [-0.39, 0.29) is 0 Å². The summed E-state index contributed by atoms with van der Waals surface area (Å²) >= 11 is 1.84. The number of benzene rings is 14. The summed E-state index contributed by atoms with van der Waals surface area (Å²) in [6.07, 6.45) is 0. The van der Waals surface area contributed by atoms with Crippen molar-refractivity contribution in [3.8, 4) is 78.6 Å². The van der Waals surface area contributed by atoms with Gasteiger partial charge >= 0.3 is 0 Å². The van der Waals surface area contributed by atoms with Crippen LogP contribution in [0.15, 0.2) is 334 Å². The molecular formula is C89H55N5S. The van der Waals surface area contributed by atoms with Crippen LogP contribution >= 0.6 is 11.3 Å². The Bertz CT molecular complexity index is 6090. The van der Waals surface area contributed by atoms with Gasteiger partial charge in [-0.15, -0.1) is 11.3 Å². The van der Waals surface area contributed by atoms with E-state index in [0.29, 0.717) is 0 Å². The zero-order chi connectivity index (χ0) is 62.2. The quantitative estimate of drug-likeness (QED) is 0.142. The number of rotatable bonds is 9. The van der Waals surface area contributed by atoms with E-state index in [0.717, 1.165) is 89.0 Å². The minimum atomic E-state index is 0.875. The van der Waals surface area contributed by atoms with Crippen molar-refractivity contribution < 1.29 is 0 Å². The predicted molar refractivity (Wildman–Crippen MR) is 402 cm³/mol. The van der Waals surface area contributed by atoms with Crippen LogP contribution < -0.4 is 0 Å². The van der Waals surface area contributed by atoms with Crippen LogP contribution in [0.4, 0.5) is 0 Å². The molecule has 0 spiro atoms. The average Bonchev–Trinajstić information content (AvgIpc) is 1.56. The van der Waals surface area contributed by atoms with Gasteiger partial charge in [-0.25, -0.2) is 4.98 Å². The highest BCUT2D eigenvalue weighted by Crippen LogP contribution is 2.45. The summed E-state index contributed by atoms with van der Waals surface area (Å²) in [7, 11) is 0. The Balaban J connectivity index is 0.856. The molecule has 442 valence electrons. The molecule has 20 aromatic rings. The molecular weight excluding hydrogens is 1170 g/mol. The van der Waals surface area contributed by atoms with E-state index in [9.17, 15) is 0 Å². The maximum Gasteiger partial charge on any atom is 0.138 e. The molecule has 5 nitrogen and oxygen atoms in total. The van der Waals surface area contributed by atoms with E-state index in [4.69, 9.17) is 4.98 Å². The van der Waals surface area contributed by atoms with E-state index in [1.165, 1.54) is 97.0 Å². The monoisotopic (exact) mass is 1230 g/mol. The van der Waals surface area contributed by atoms with Gasteiger partial charge in [-0.3, -0.25) is 4.57 Å². The molecule has 0 aliphatic heterocycles. The van der Waals surface area contributed by atoms with Gasteiger partial charge in [0.15, 0.2) is 0 Å². The highest BCUT2D eigenvalue weighted by Gasteiger charge is 2.24. The third-order valence-corrected chi connectivity index (χ3v) is 20.9. The van der Waals surface area contributed by atoms with Gasteiger partial charge in [-0.1, -0.05) is 212 Å². The maximum atomic E-state index is 5.54. The summed E-state index contributed by atoms with van der Waals surface area (Å²) < 4.78 is 12.5. The second kappa shape index (κ2) is 21.1. The third-order valence-electron chi connectivity index (χ3n) is 19.7. The molecule has 0 aliphatic carbocycles. The lowest BCUT2D eigenvalue weighted by atomic mass is 10.0. The molecule has 0 bridgehead atoms. The average molecular weight is 1230 g/mol. The van der Waals surface area contributed by atoms with Gasteiger partial charge in [-0.05, 0) is 166 Å². The van der Waals surface area contributed by atoms with Crippen molar-refractivity contribution in [3.63, 3.8) is 0 Å².